The second-order valence-electron chi connectivity index (χ2n) is 6.73. The number of ether oxygens (including phenoxy) is 1. The Bertz CT molecular complexity index is 836. The van der Waals surface area contributed by atoms with Crippen molar-refractivity contribution in [3.05, 3.63) is 48.0 Å². The van der Waals surface area contributed by atoms with Gasteiger partial charge in [-0.05, 0) is 55.1 Å². The van der Waals surface area contributed by atoms with Crippen molar-refractivity contribution in [3.8, 4) is 5.75 Å². The number of rotatable bonds is 5. The highest BCUT2D eigenvalue weighted by Crippen LogP contribution is 2.27. The van der Waals surface area contributed by atoms with Gasteiger partial charge in [0.2, 0.25) is 0 Å². The molecular formula is C19H23N3O2. The average Bonchev–Trinajstić information content (AvgIpc) is 3.27. The van der Waals surface area contributed by atoms with Gasteiger partial charge < -0.3 is 9.15 Å². The van der Waals surface area contributed by atoms with Crippen LogP contribution in [0.15, 0.2) is 41.1 Å². The minimum absolute atomic E-state index is 0.707. The molecule has 0 bridgehead atoms. The van der Waals surface area contributed by atoms with Crippen LogP contribution < -0.4 is 4.74 Å². The highest BCUT2D eigenvalue weighted by atomic mass is 16.5. The van der Waals surface area contributed by atoms with Crippen LogP contribution in [0.3, 0.4) is 0 Å². The third-order valence-electron chi connectivity index (χ3n) is 4.81. The molecule has 5 nitrogen and oxygen atoms in total. The van der Waals surface area contributed by atoms with E-state index in [2.05, 4.69) is 22.3 Å². The number of aromatic nitrogens is 2. The summed E-state index contributed by atoms with van der Waals surface area (Å²) < 4.78 is 13.1. The third-order valence-corrected chi connectivity index (χ3v) is 4.81. The van der Waals surface area contributed by atoms with Crippen LogP contribution in [0, 0.1) is 5.92 Å². The van der Waals surface area contributed by atoms with Crippen molar-refractivity contribution in [2.75, 3.05) is 20.2 Å². The fourth-order valence-corrected chi connectivity index (χ4v) is 3.64. The monoisotopic (exact) mass is 325 g/mol. The summed E-state index contributed by atoms with van der Waals surface area (Å²) in [6, 6.07) is 8.08. The minimum atomic E-state index is 0.707. The van der Waals surface area contributed by atoms with E-state index in [-0.39, 0.29) is 0 Å². The van der Waals surface area contributed by atoms with E-state index in [4.69, 9.17) is 9.15 Å². The van der Waals surface area contributed by atoms with E-state index in [1.165, 1.54) is 12.0 Å². The molecule has 1 aliphatic heterocycles. The van der Waals surface area contributed by atoms with Gasteiger partial charge in [-0.3, -0.25) is 9.58 Å². The molecule has 1 aliphatic rings. The van der Waals surface area contributed by atoms with Crippen molar-refractivity contribution in [1.82, 2.24) is 14.7 Å². The molecule has 0 unspecified atom stereocenters. The normalized spacial score (nSPS) is 18.5. The Hall–Kier alpha value is -2.27. The molecule has 4 rings (SSSR count). The van der Waals surface area contributed by atoms with Crippen LogP contribution >= 0.6 is 0 Å². The molecule has 3 aromatic rings. The second kappa shape index (κ2) is 6.32. The highest BCUT2D eigenvalue weighted by molar-refractivity contribution is 5.79. The van der Waals surface area contributed by atoms with Crippen LogP contribution in [0.25, 0.3) is 11.0 Å². The van der Waals surface area contributed by atoms with Gasteiger partial charge in [0.1, 0.15) is 17.1 Å². The van der Waals surface area contributed by atoms with Gasteiger partial charge in [0.15, 0.2) is 0 Å². The molecule has 1 atom stereocenters. The molecule has 0 spiro atoms. The van der Waals surface area contributed by atoms with Gasteiger partial charge in [-0.1, -0.05) is 0 Å². The molecule has 5 heteroatoms. The SMILES string of the molecule is COc1ccc2oc(CN3CC[C@@H](Cc4cnn(C)c4)C3)cc2c1. The van der Waals surface area contributed by atoms with Gasteiger partial charge in [0.25, 0.3) is 0 Å². The van der Waals surface area contributed by atoms with Gasteiger partial charge in [-0.15, -0.1) is 0 Å². The lowest BCUT2D eigenvalue weighted by atomic mass is 10.0. The van der Waals surface area contributed by atoms with Crippen molar-refractivity contribution < 1.29 is 9.15 Å². The zero-order valence-corrected chi connectivity index (χ0v) is 14.2. The van der Waals surface area contributed by atoms with Crippen molar-refractivity contribution in [1.29, 1.82) is 0 Å². The van der Waals surface area contributed by atoms with E-state index in [9.17, 15) is 0 Å². The third kappa shape index (κ3) is 3.17. The van der Waals surface area contributed by atoms with Crippen LogP contribution in [0.2, 0.25) is 0 Å². The van der Waals surface area contributed by atoms with Crippen molar-refractivity contribution >= 4 is 11.0 Å². The molecule has 1 saturated heterocycles. The number of nitrogens with zero attached hydrogens (tertiary/aromatic N) is 3. The van der Waals surface area contributed by atoms with E-state index in [1.807, 2.05) is 36.1 Å². The van der Waals surface area contributed by atoms with E-state index >= 15 is 0 Å². The molecule has 24 heavy (non-hydrogen) atoms. The minimum Gasteiger partial charge on any atom is -0.497 e. The van der Waals surface area contributed by atoms with Crippen LogP contribution in [0.1, 0.15) is 17.7 Å². The molecule has 1 aromatic carbocycles. The van der Waals surface area contributed by atoms with Gasteiger partial charge in [0, 0.05) is 25.2 Å². The van der Waals surface area contributed by atoms with Crippen LogP contribution in [0.5, 0.6) is 5.75 Å². The summed E-state index contributed by atoms with van der Waals surface area (Å²) >= 11 is 0. The first kappa shape index (κ1) is 15.3. The topological polar surface area (TPSA) is 43.4 Å². The summed E-state index contributed by atoms with van der Waals surface area (Å²) in [4.78, 5) is 2.48. The number of fused-ring (bicyclic) bond motifs is 1. The van der Waals surface area contributed by atoms with Crippen LogP contribution in [-0.2, 0) is 20.0 Å². The number of hydrogen-bond acceptors (Lipinski definition) is 4. The first-order valence-corrected chi connectivity index (χ1v) is 8.46. The first-order valence-electron chi connectivity index (χ1n) is 8.46. The number of furan rings is 1. The van der Waals surface area contributed by atoms with Crippen molar-refractivity contribution in [2.45, 2.75) is 19.4 Å². The van der Waals surface area contributed by atoms with Crippen molar-refractivity contribution in [2.24, 2.45) is 13.0 Å². The Morgan fingerprint density at radius 1 is 1.33 bits per heavy atom. The summed E-state index contributed by atoms with van der Waals surface area (Å²) in [7, 11) is 3.66. The average molecular weight is 325 g/mol. The largest absolute Gasteiger partial charge is 0.497 e. The highest BCUT2D eigenvalue weighted by Gasteiger charge is 2.24. The molecule has 0 radical (unpaired) electrons. The maximum Gasteiger partial charge on any atom is 0.134 e. The maximum absolute atomic E-state index is 5.98. The standard InChI is InChI=1S/C19H23N3O2/c1-21-11-15(10-20-21)7-14-5-6-22(12-14)13-18-9-16-8-17(23-2)3-4-19(16)24-18/h3-4,8-11,14H,5-7,12-13H2,1-2H3/t14-/m0/s1. The fourth-order valence-electron chi connectivity index (χ4n) is 3.64. The van der Waals surface area contributed by atoms with Gasteiger partial charge in [-0.25, -0.2) is 0 Å². The Kier molecular flexibility index (Phi) is 4.02. The molecule has 0 N–H and O–H groups in total. The smallest absolute Gasteiger partial charge is 0.134 e. The number of benzene rings is 1. The number of aryl methyl sites for hydroxylation is 1. The summed E-state index contributed by atoms with van der Waals surface area (Å²) in [5.74, 6) is 2.60. The first-order chi connectivity index (χ1) is 11.7. The lowest BCUT2D eigenvalue weighted by Gasteiger charge is -2.14. The predicted molar refractivity (Wildman–Crippen MR) is 93.1 cm³/mol. The number of methoxy groups -OCH3 is 1. The number of hydrogen-bond donors (Lipinski definition) is 0. The second-order valence-corrected chi connectivity index (χ2v) is 6.73. The van der Waals surface area contributed by atoms with Crippen molar-refractivity contribution in [3.63, 3.8) is 0 Å². The molecule has 0 amide bonds. The summed E-state index contributed by atoms with van der Waals surface area (Å²) in [5, 5.41) is 5.37. The van der Waals surface area contributed by atoms with Crippen LogP contribution in [0.4, 0.5) is 0 Å². The molecule has 3 heterocycles. The quantitative estimate of drug-likeness (QED) is 0.722. The maximum atomic E-state index is 5.98. The molecule has 1 fully saturated rings. The Balaban J connectivity index is 1.39. The Labute approximate surface area is 141 Å². The van der Waals surface area contributed by atoms with Gasteiger partial charge in [0.05, 0.1) is 19.9 Å². The zero-order valence-electron chi connectivity index (χ0n) is 14.2. The molecule has 0 saturated carbocycles. The summed E-state index contributed by atoms with van der Waals surface area (Å²) in [6.45, 7) is 3.13. The molecule has 2 aromatic heterocycles. The molecule has 126 valence electrons. The summed E-state index contributed by atoms with van der Waals surface area (Å²) in [6.07, 6.45) is 6.45. The Morgan fingerprint density at radius 3 is 3.04 bits per heavy atom. The van der Waals surface area contributed by atoms with E-state index in [0.717, 1.165) is 48.5 Å². The predicted octanol–water partition coefficient (Wildman–Crippen LogP) is 3.24. The summed E-state index contributed by atoms with van der Waals surface area (Å²) in [5.41, 5.74) is 2.26. The molecular weight excluding hydrogens is 302 g/mol. The number of likely N-dealkylation sites (tertiary alicyclic amines) is 1. The Morgan fingerprint density at radius 2 is 2.25 bits per heavy atom. The fraction of sp³-hybridized carbons (Fsp3) is 0.421. The lowest BCUT2D eigenvalue weighted by molar-refractivity contribution is 0.290. The molecule has 0 aliphatic carbocycles. The van der Waals surface area contributed by atoms with Gasteiger partial charge in [-0.2, -0.15) is 5.10 Å². The zero-order chi connectivity index (χ0) is 16.5. The lowest BCUT2D eigenvalue weighted by Crippen LogP contribution is -2.20. The van der Waals surface area contributed by atoms with E-state index in [1.54, 1.807) is 7.11 Å². The van der Waals surface area contributed by atoms with E-state index in [0.29, 0.717) is 5.92 Å². The van der Waals surface area contributed by atoms with E-state index < -0.39 is 0 Å². The van der Waals surface area contributed by atoms with Gasteiger partial charge >= 0.3 is 0 Å². The van der Waals surface area contributed by atoms with Crippen LogP contribution in [-0.4, -0.2) is 34.9 Å².